The highest BCUT2D eigenvalue weighted by Crippen LogP contribution is 2.26. The summed E-state index contributed by atoms with van der Waals surface area (Å²) < 4.78 is 53.4. The van der Waals surface area contributed by atoms with Gasteiger partial charge in [-0.2, -0.15) is 0 Å². The standard InChI is InChI=1S/C13H17BrF2N2O2S/c1-18-4-2-9(3-5-18)8-17-21(19,20)13-11(14)6-10(15)7-12(13)16/h6-7,9,17H,2-5,8H2,1H3. The number of nitrogens with one attached hydrogen (secondary N) is 1. The van der Waals surface area contributed by atoms with Gasteiger partial charge in [0.15, 0.2) is 0 Å². The molecule has 1 fully saturated rings. The highest BCUT2D eigenvalue weighted by molar-refractivity contribution is 9.10. The summed E-state index contributed by atoms with van der Waals surface area (Å²) in [6.45, 7) is 2.10. The molecule has 0 bridgehead atoms. The molecule has 0 unspecified atom stereocenters. The maximum Gasteiger partial charge on any atom is 0.244 e. The lowest BCUT2D eigenvalue weighted by Gasteiger charge is -2.28. The van der Waals surface area contributed by atoms with Gasteiger partial charge in [0.1, 0.15) is 16.5 Å². The van der Waals surface area contributed by atoms with Crippen molar-refractivity contribution in [3.8, 4) is 0 Å². The summed E-state index contributed by atoms with van der Waals surface area (Å²) in [5.41, 5.74) is 0. The monoisotopic (exact) mass is 382 g/mol. The normalized spacial score (nSPS) is 18.1. The maximum atomic E-state index is 13.7. The Bertz CT molecular complexity index is 594. The molecule has 118 valence electrons. The van der Waals surface area contributed by atoms with Crippen molar-refractivity contribution in [2.45, 2.75) is 17.7 Å². The molecule has 1 heterocycles. The first-order valence-corrected chi connectivity index (χ1v) is 8.90. The molecule has 0 radical (unpaired) electrons. The zero-order valence-corrected chi connectivity index (χ0v) is 14.0. The average molecular weight is 383 g/mol. The number of piperidine rings is 1. The molecule has 0 aliphatic carbocycles. The first-order valence-electron chi connectivity index (χ1n) is 6.62. The second-order valence-electron chi connectivity index (χ2n) is 5.30. The molecule has 0 atom stereocenters. The van der Waals surface area contributed by atoms with Crippen LogP contribution in [0, 0.1) is 17.6 Å². The van der Waals surface area contributed by atoms with Crippen LogP contribution >= 0.6 is 15.9 Å². The van der Waals surface area contributed by atoms with Gasteiger partial charge in [-0.3, -0.25) is 0 Å². The van der Waals surface area contributed by atoms with E-state index >= 15 is 0 Å². The molecular weight excluding hydrogens is 366 g/mol. The predicted molar refractivity (Wildman–Crippen MR) is 79.5 cm³/mol. The molecule has 0 spiro atoms. The molecule has 1 saturated heterocycles. The SMILES string of the molecule is CN1CCC(CNS(=O)(=O)c2c(F)cc(F)cc2Br)CC1. The van der Waals surface area contributed by atoms with Gasteiger partial charge >= 0.3 is 0 Å². The molecule has 1 aromatic carbocycles. The molecular formula is C13H17BrF2N2O2S. The minimum absolute atomic E-state index is 0.115. The second kappa shape index (κ2) is 6.68. The van der Waals surface area contributed by atoms with Gasteiger partial charge in [-0.15, -0.1) is 0 Å². The van der Waals surface area contributed by atoms with E-state index in [0.29, 0.717) is 6.07 Å². The van der Waals surface area contributed by atoms with Crippen LogP contribution in [-0.4, -0.2) is 40.0 Å². The first kappa shape index (κ1) is 16.8. The molecule has 0 amide bonds. The smallest absolute Gasteiger partial charge is 0.244 e. The van der Waals surface area contributed by atoms with Crippen LogP contribution in [0.25, 0.3) is 0 Å². The van der Waals surface area contributed by atoms with E-state index in [1.807, 2.05) is 7.05 Å². The molecule has 4 nitrogen and oxygen atoms in total. The van der Waals surface area contributed by atoms with Crippen molar-refractivity contribution in [2.75, 3.05) is 26.7 Å². The van der Waals surface area contributed by atoms with Gasteiger partial charge in [0.05, 0.1) is 0 Å². The minimum Gasteiger partial charge on any atom is -0.306 e. The van der Waals surface area contributed by atoms with Crippen molar-refractivity contribution in [1.29, 1.82) is 0 Å². The van der Waals surface area contributed by atoms with E-state index in [9.17, 15) is 17.2 Å². The van der Waals surface area contributed by atoms with Crippen LogP contribution in [0.1, 0.15) is 12.8 Å². The van der Waals surface area contributed by atoms with Crippen molar-refractivity contribution in [3.63, 3.8) is 0 Å². The predicted octanol–water partition coefficient (Wildman–Crippen LogP) is 2.35. The summed E-state index contributed by atoms with van der Waals surface area (Å²) in [5.74, 6) is -1.69. The van der Waals surface area contributed by atoms with Gasteiger partial charge in [-0.05, 0) is 60.9 Å². The maximum absolute atomic E-state index is 13.7. The number of likely N-dealkylation sites (tertiary alicyclic amines) is 1. The Hall–Kier alpha value is -0.570. The number of sulfonamides is 1. The van der Waals surface area contributed by atoms with Gasteiger partial charge in [0.25, 0.3) is 0 Å². The Morgan fingerprint density at radius 2 is 1.95 bits per heavy atom. The molecule has 8 heteroatoms. The fraction of sp³-hybridized carbons (Fsp3) is 0.538. The van der Waals surface area contributed by atoms with Gasteiger partial charge in [0, 0.05) is 17.1 Å². The zero-order chi connectivity index (χ0) is 15.6. The molecule has 1 aromatic rings. The second-order valence-corrected chi connectivity index (χ2v) is 7.86. The number of benzene rings is 1. The van der Waals surface area contributed by atoms with E-state index in [1.165, 1.54) is 0 Å². The van der Waals surface area contributed by atoms with E-state index in [2.05, 4.69) is 25.6 Å². The largest absolute Gasteiger partial charge is 0.306 e. The molecule has 21 heavy (non-hydrogen) atoms. The number of halogens is 3. The van der Waals surface area contributed by atoms with Gasteiger partial charge in [-0.1, -0.05) is 0 Å². The third-order valence-electron chi connectivity index (χ3n) is 3.63. The van der Waals surface area contributed by atoms with Crippen molar-refractivity contribution in [3.05, 3.63) is 28.2 Å². The number of hydrogen-bond acceptors (Lipinski definition) is 3. The van der Waals surface area contributed by atoms with E-state index < -0.39 is 26.6 Å². The van der Waals surface area contributed by atoms with Crippen molar-refractivity contribution >= 4 is 26.0 Å². The van der Waals surface area contributed by atoms with E-state index in [4.69, 9.17) is 0 Å². The van der Waals surface area contributed by atoms with Crippen LogP contribution in [0.3, 0.4) is 0 Å². The lowest BCUT2D eigenvalue weighted by molar-refractivity contribution is 0.220. The summed E-state index contributed by atoms with van der Waals surface area (Å²) >= 11 is 2.90. The average Bonchev–Trinajstić information content (AvgIpc) is 2.36. The number of nitrogens with zero attached hydrogens (tertiary/aromatic N) is 1. The molecule has 1 N–H and O–H groups in total. The van der Waals surface area contributed by atoms with Crippen molar-refractivity contribution < 1.29 is 17.2 Å². The van der Waals surface area contributed by atoms with E-state index in [-0.39, 0.29) is 16.9 Å². The van der Waals surface area contributed by atoms with E-state index in [0.717, 1.165) is 32.0 Å². The fourth-order valence-corrected chi connectivity index (χ4v) is 4.63. The van der Waals surface area contributed by atoms with Crippen molar-refractivity contribution in [1.82, 2.24) is 9.62 Å². The van der Waals surface area contributed by atoms with Crippen LogP contribution in [0.15, 0.2) is 21.5 Å². The third kappa shape index (κ3) is 4.21. The Morgan fingerprint density at radius 1 is 1.33 bits per heavy atom. The summed E-state index contributed by atoms with van der Waals surface area (Å²) in [4.78, 5) is 1.64. The lowest BCUT2D eigenvalue weighted by atomic mass is 9.98. The summed E-state index contributed by atoms with van der Waals surface area (Å²) in [6.07, 6.45) is 1.79. The Morgan fingerprint density at radius 3 is 2.52 bits per heavy atom. The molecule has 0 aromatic heterocycles. The third-order valence-corrected chi connectivity index (χ3v) is 6.02. The first-order chi connectivity index (χ1) is 9.79. The lowest BCUT2D eigenvalue weighted by Crippen LogP contribution is -2.37. The zero-order valence-electron chi connectivity index (χ0n) is 11.6. The Kier molecular flexibility index (Phi) is 5.34. The number of hydrogen-bond donors (Lipinski definition) is 1. The van der Waals surface area contributed by atoms with Crippen LogP contribution in [0.5, 0.6) is 0 Å². The summed E-state index contributed by atoms with van der Waals surface area (Å²) in [5, 5.41) is 0. The molecule has 1 aliphatic heterocycles. The Balaban J connectivity index is 2.09. The Labute approximate surface area is 131 Å². The van der Waals surface area contributed by atoms with Crippen LogP contribution in [0.4, 0.5) is 8.78 Å². The summed E-state index contributed by atoms with van der Waals surface area (Å²) in [7, 11) is -1.98. The fourth-order valence-electron chi connectivity index (χ4n) is 2.35. The molecule has 0 saturated carbocycles. The summed E-state index contributed by atoms with van der Waals surface area (Å²) in [6, 6.07) is 1.50. The van der Waals surface area contributed by atoms with Crippen LogP contribution < -0.4 is 4.72 Å². The van der Waals surface area contributed by atoms with Gasteiger partial charge in [0.2, 0.25) is 10.0 Å². The highest BCUT2D eigenvalue weighted by atomic mass is 79.9. The quantitative estimate of drug-likeness (QED) is 0.869. The number of rotatable bonds is 4. The minimum atomic E-state index is -4.00. The van der Waals surface area contributed by atoms with Crippen LogP contribution in [-0.2, 0) is 10.0 Å². The van der Waals surface area contributed by atoms with E-state index in [1.54, 1.807) is 0 Å². The topological polar surface area (TPSA) is 49.4 Å². The highest BCUT2D eigenvalue weighted by Gasteiger charge is 2.25. The molecule has 1 aliphatic rings. The van der Waals surface area contributed by atoms with Crippen molar-refractivity contribution in [2.24, 2.45) is 5.92 Å². The van der Waals surface area contributed by atoms with Gasteiger partial charge in [-0.25, -0.2) is 21.9 Å². The van der Waals surface area contributed by atoms with Gasteiger partial charge < -0.3 is 4.90 Å². The van der Waals surface area contributed by atoms with Crippen LogP contribution in [0.2, 0.25) is 0 Å². The molecule has 2 rings (SSSR count).